The predicted octanol–water partition coefficient (Wildman–Crippen LogP) is 3.29. The quantitative estimate of drug-likeness (QED) is 0.899. The summed E-state index contributed by atoms with van der Waals surface area (Å²) < 4.78 is 0. The van der Waals surface area contributed by atoms with Crippen LogP contribution in [-0.4, -0.2) is 27.5 Å². The second-order valence-electron chi connectivity index (χ2n) is 7.32. The molecule has 1 fully saturated rings. The van der Waals surface area contributed by atoms with Gasteiger partial charge in [-0.2, -0.15) is 0 Å². The average Bonchev–Trinajstić information content (AvgIpc) is 2.55. The molecule has 4 nitrogen and oxygen atoms in total. The molecule has 1 saturated carbocycles. The Labute approximate surface area is 138 Å². The van der Waals surface area contributed by atoms with E-state index in [1.807, 2.05) is 18.3 Å². The number of aliphatic hydroxyl groups excluding tert-OH is 1. The molecule has 1 aromatic rings. The molecule has 1 aromatic heterocycles. The third-order valence-corrected chi connectivity index (χ3v) is 5.01. The number of aliphatic imine (C=N–C) groups is 1. The molecule has 0 amide bonds. The summed E-state index contributed by atoms with van der Waals surface area (Å²) in [6.45, 7) is 3.47. The molecule has 0 radical (unpaired) electrons. The molecular formula is C19H26N2O2. The summed E-state index contributed by atoms with van der Waals surface area (Å²) >= 11 is 0. The summed E-state index contributed by atoms with van der Waals surface area (Å²) in [5, 5.41) is 19.7. The molecule has 1 unspecified atom stereocenters. The van der Waals surface area contributed by atoms with Crippen molar-refractivity contribution in [1.82, 2.24) is 4.98 Å². The summed E-state index contributed by atoms with van der Waals surface area (Å²) in [6, 6.07) is 3.85. The number of pyridine rings is 1. The van der Waals surface area contributed by atoms with Crippen LogP contribution in [0.5, 0.6) is 0 Å². The minimum Gasteiger partial charge on any atom is -0.393 e. The van der Waals surface area contributed by atoms with Gasteiger partial charge in [0.1, 0.15) is 5.60 Å². The van der Waals surface area contributed by atoms with E-state index in [4.69, 9.17) is 0 Å². The van der Waals surface area contributed by atoms with Gasteiger partial charge in [0.05, 0.1) is 17.5 Å². The van der Waals surface area contributed by atoms with Crippen LogP contribution in [0.15, 0.2) is 29.4 Å². The molecule has 23 heavy (non-hydrogen) atoms. The molecule has 1 atom stereocenters. The first kappa shape index (κ1) is 16.3. The van der Waals surface area contributed by atoms with Crippen molar-refractivity contribution < 1.29 is 10.2 Å². The van der Waals surface area contributed by atoms with Crippen molar-refractivity contribution in [2.45, 2.75) is 57.7 Å². The van der Waals surface area contributed by atoms with Crippen LogP contribution in [0, 0.1) is 11.8 Å². The minimum absolute atomic E-state index is 0.106. The molecule has 2 aliphatic rings. The lowest BCUT2D eigenvalue weighted by Gasteiger charge is -2.31. The van der Waals surface area contributed by atoms with Crippen LogP contribution in [0.2, 0.25) is 0 Å². The molecule has 0 bridgehead atoms. The molecule has 4 heteroatoms. The number of aromatic nitrogens is 1. The highest BCUT2D eigenvalue weighted by atomic mass is 16.3. The van der Waals surface area contributed by atoms with Crippen LogP contribution in [0.3, 0.4) is 0 Å². The third kappa shape index (κ3) is 3.88. The van der Waals surface area contributed by atoms with E-state index in [0.29, 0.717) is 17.5 Å². The molecule has 0 spiro atoms. The Hall–Kier alpha value is -1.52. The Balaban J connectivity index is 1.75. The normalized spacial score (nSPS) is 28.5. The van der Waals surface area contributed by atoms with Crippen molar-refractivity contribution in [3.63, 3.8) is 0 Å². The van der Waals surface area contributed by atoms with Gasteiger partial charge >= 0.3 is 0 Å². The molecule has 1 aliphatic heterocycles. The lowest BCUT2D eigenvalue weighted by Crippen LogP contribution is -2.24. The maximum absolute atomic E-state index is 10.00. The van der Waals surface area contributed by atoms with Crippen molar-refractivity contribution in [2.24, 2.45) is 16.8 Å². The molecule has 2 heterocycles. The Morgan fingerprint density at radius 3 is 2.48 bits per heavy atom. The fourth-order valence-corrected chi connectivity index (χ4v) is 3.52. The number of nitrogens with zero attached hydrogens (tertiary/aromatic N) is 2. The van der Waals surface area contributed by atoms with Gasteiger partial charge in [-0.25, -0.2) is 0 Å². The van der Waals surface area contributed by atoms with Crippen LogP contribution in [0.1, 0.15) is 57.2 Å². The van der Waals surface area contributed by atoms with E-state index in [0.717, 1.165) is 43.4 Å². The standard InChI is InChI=1S/C19H26N2O2/c1-19(2,23)18-8-5-15(12-21-18)17-11-14(9-10-20-17)13-3-6-16(22)7-4-13/h5,8,10-14,16,22-23H,3-4,6-7,9H2,1-2H3. The first-order valence-corrected chi connectivity index (χ1v) is 8.55. The number of aliphatic hydroxyl groups is 2. The molecule has 1 aliphatic carbocycles. The maximum Gasteiger partial charge on any atom is 0.101 e. The Bertz CT molecular complexity index is 591. The topological polar surface area (TPSA) is 65.7 Å². The van der Waals surface area contributed by atoms with Gasteiger partial charge in [0, 0.05) is 18.0 Å². The zero-order valence-corrected chi connectivity index (χ0v) is 13.9. The van der Waals surface area contributed by atoms with Gasteiger partial charge in [0.15, 0.2) is 0 Å². The van der Waals surface area contributed by atoms with Crippen LogP contribution in [0.4, 0.5) is 0 Å². The molecular weight excluding hydrogens is 288 g/mol. The predicted molar refractivity (Wildman–Crippen MR) is 92.0 cm³/mol. The zero-order valence-electron chi connectivity index (χ0n) is 13.9. The molecule has 0 saturated heterocycles. The van der Waals surface area contributed by atoms with Crippen molar-refractivity contribution in [3.8, 4) is 0 Å². The SMILES string of the molecule is CC(C)(O)c1ccc(C2=CC(C3CCC(O)CC3)CC=N2)cn1. The number of hydrogen-bond donors (Lipinski definition) is 2. The van der Waals surface area contributed by atoms with Gasteiger partial charge in [-0.05, 0) is 69.9 Å². The minimum atomic E-state index is -0.922. The fraction of sp³-hybridized carbons (Fsp3) is 0.579. The summed E-state index contributed by atoms with van der Waals surface area (Å²) in [6.07, 6.45) is 11.0. The Morgan fingerprint density at radius 1 is 1.13 bits per heavy atom. The van der Waals surface area contributed by atoms with Crippen molar-refractivity contribution >= 4 is 11.9 Å². The van der Waals surface area contributed by atoms with Gasteiger partial charge in [0.25, 0.3) is 0 Å². The smallest absolute Gasteiger partial charge is 0.101 e. The van der Waals surface area contributed by atoms with Crippen LogP contribution >= 0.6 is 0 Å². The van der Waals surface area contributed by atoms with E-state index in [1.54, 1.807) is 20.0 Å². The lowest BCUT2D eigenvalue weighted by atomic mass is 9.76. The van der Waals surface area contributed by atoms with Gasteiger partial charge in [-0.1, -0.05) is 6.08 Å². The fourth-order valence-electron chi connectivity index (χ4n) is 3.52. The highest BCUT2D eigenvalue weighted by molar-refractivity contribution is 5.76. The largest absolute Gasteiger partial charge is 0.393 e. The van der Waals surface area contributed by atoms with E-state index < -0.39 is 5.60 Å². The monoisotopic (exact) mass is 314 g/mol. The Morgan fingerprint density at radius 2 is 1.87 bits per heavy atom. The third-order valence-electron chi connectivity index (χ3n) is 5.01. The molecule has 3 rings (SSSR count). The second kappa shape index (κ2) is 6.54. The van der Waals surface area contributed by atoms with Crippen LogP contribution < -0.4 is 0 Å². The Kier molecular flexibility index (Phi) is 4.64. The maximum atomic E-state index is 10.00. The van der Waals surface area contributed by atoms with Gasteiger partial charge in [-0.15, -0.1) is 0 Å². The van der Waals surface area contributed by atoms with E-state index in [-0.39, 0.29) is 6.10 Å². The van der Waals surface area contributed by atoms with E-state index in [9.17, 15) is 10.2 Å². The van der Waals surface area contributed by atoms with Crippen molar-refractivity contribution in [3.05, 3.63) is 35.7 Å². The van der Waals surface area contributed by atoms with E-state index >= 15 is 0 Å². The average molecular weight is 314 g/mol. The lowest BCUT2D eigenvalue weighted by molar-refractivity contribution is 0.0738. The van der Waals surface area contributed by atoms with Gasteiger partial charge in [-0.3, -0.25) is 9.98 Å². The number of allylic oxidation sites excluding steroid dienone is 1. The first-order chi connectivity index (χ1) is 10.9. The van der Waals surface area contributed by atoms with E-state index in [2.05, 4.69) is 16.1 Å². The van der Waals surface area contributed by atoms with Gasteiger partial charge in [0.2, 0.25) is 0 Å². The zero-order chi connectivity index (χ0) is 16.4. The second-order valence-corrected chi connectivity index (χ2v) is 7.32. The highest BCUT2D eigenvalue weighted by Crippen LogP contribution is 2.36. The number of hydrogen-bond acceptors (Lipinski definition) is 4. The summed E-state index contributed by atoms with van der Waals surface area (Å²) in [5.74, 6) is 1.15. The number of rotatable bonds is 3. The first-order valence-electron chi connectivity index (χ1n) is 8.55. The van der Waals surface area contributed by atoms with Crippen LogP contribution in [0.25, 0.3) is 5.70 Å². The highest BCUT2D eigenvalue weighted by Gasteiger charge is 2.27. The molecule has 124 valence electrons. The summed E-state index contributed by atoms with van der Waals surface area (Å²) in [4.78, 5) is 8.91. The van der Waals surface area contributed by atoms with E-state index in [1.165, 1.54) is 0 Å². The molecule has 0 aromatic carbocycles. The van der Waals surface area contributed by atoms with Crippen LogP contribution in [-0.2, 0) is 5.60 Å². The van der Waals surface area contributed by atoms with Gasteiger partial charge < -0.3 is 10.2 Å². The molecule has 2 N–H and O–H groups in total. The summed E-state index contributed by atoms with van der Waals surface area (Å²) in [5.41, 5.74) is 1.71. The van der Waals surface area contributed by atoms with Crippen molar-refractivity contribution in [2.75, 3.05) is 0 Å². The summed E-state index contributed by atoms with van der Waals surface area (Å²) in [7, 11) is 0. The van der Waals surface area contributed by atoms with Crippen molar-refractivity contribution in [1.29, 1.82) is 0 Å².